The Kier molecular flexibility index (Phi) is 5.54. The van der Waals surface area contributed by atoms with E-state index in [2.05, 4.69) is 54.5 Å². The van der Waals surface area contributed by atoms with Crippen molar-refractivity contribution in [2.75, 3.05) is 37.7 Å². The van der Waals surface area contributed by atoms with Gasteiger partial charge < -0.3 is 9.64 Å². The molecule has 0 bridgehead atoms. The molecule has 2 aliphatic heterocycles. The summed E-state index contributed by atoms with van der Waals surface area (Å²) < 4.78 is 20.2. The average molecular weight is 468 g/mol. The van der Waals surface area contributed by atoms with Crippen molar-refractivity contribution in [2.24, 2.45) is 5.92 Å². The molecule has 1 aromatic heterocycles. The van der Waals surface area contributed by atoms with Gasteiger partial charge in [0.25, 0.3) is 0 Å². The molecule has 0 spiro atoms. The lowest BCUT2D eigenvalue weighted by molar-refractivity contribution is 0.0725. The van der Waals surface area contributed by atoms with E-state index in [0.717, 1.165) is 45.0 Å². The fraction of sp³-hybridized carbons (Fsp3) is 0.474. The molecule has 0 aliphatic carbocycles. The fourth-order valence-electron chi connectivity index (χ4n) is 3.79. The summed E-state index contributed by atoms with van der Waals surface area (Å²) in [4.78, 5) is 13.0. The maximum atomic E-state index is 13.0. The van der Waals surface area contributed by atoms with E-state index >= 15 is 0 Å². The third-order valence-electron chi connectivity index (χ3n) is 5.19. The van der Waals surface area contributed by atoms with Crippen molar-refractivity contribution < 1.29 is 9.13 Å². The number of piperazine rings is 1. The van der Waals surface area contributed by atoms with Crippen molar-refractivity contribution in [1.82, 2.24) is 14.9 Å². The second-order valence-electron chi connectivity index (χ2n) is 7.00. The molecule has 2 saturated heterocycles. The summed E-state index contributed by atoms with van der Waals surface area (Å²) in [6, 6.07) is 8.74. The zero-order valence-electron chi connectivity index (χ0n) is 14.5. The Morgan fingerprint density at radius 3 is 2.62 bits per heavy atom. The number of rotatable bonds is 4. The van der Waals surface area contributed by atoms with Crippen molar-refractivity contribution in [3.8, 4) is 5.75 Å². The van der Waals surface area contributed by atoms with Crippen molar-refractivity contribution in [2.45, 2.75) is 18.9 Å². The highest BCUT2D eigenvalue weighted by atomic mass is 127. The third kappa shape index (κ3) is 4.25. The van der Waals surface area contributed by atoms with Crippen LogP contribution < -0.4 is 9.64 Å². The standard InChI is InChI=1S/C19H22FIN4O/c20-15-9-22-19(23-10-15)25-8-7-24-11-14(1-4-17(24)12-25)13-26-18-5-2-16(21)3-6-18/h2-3,5-6,9-10,14,17H,1,4,7-8,11-13H2/t14-,17+/m1/s1. The second-order valence-corrected chi connectivity index (χ2v) is 8.25. The van der Waals surface area contributed by atoms with Gasteiger partial charge in [-0.2, -0.15) is 0 Å². The van der Waals surface area contributed by atoms with Crippen LogP contribution in [0.4, 0.5) is 10.3 Å². The average Bonchev–Trinajstić information content (AvgIpc) is 2.67. The molecule has 2 aromatic rings. The normalized spacial score (nSPS) is 23.5. The summed E-state index contributed by atoms with van der Waals surface area (Å²) in [7, 11) is 0. The lowest BCUT2D eigenvalue weighted by atomic mass is 9.91. The number of fused-ring (bicyclic) bond motifs is 1. The number of benzene rings is 1. The van der Waals surface area contributed by atoms with E-state index in [0.29, 0.717) is 17.9 Å². The van der Waals surface area contributed by atoms with Crippen LogP contribution in [0.15, 0.2) is 36.7 Å². The number of piperidine rings is 1. The molecule has 0 unspecified atom stereocenters. The first kappa shape index (κ1) is 17.9. The fourth-order valence-corrected chi connectivity index (χ4v) is 4.15. The largest absolute Gasteiger partial charge is 0.493 e. The van der Waals surface area contributed by atoms with Gasteiger partial charge in [-0.15, -0.1) is 0 Å². The Bertz CT molecular complexity index is 727. The molecule has 2 atom stereocenters. The van der Waals surface area contributed by atoms with Crippen LogP contribution in [0.3, 0.4) is 0 Å². The number of ether oxygens (including phenoxy) is 1. The molecule has 5 nitrogen and oxygen atoms in total. The van der Waals surface area contributed by atoms with Gasteiger partial charge in [0.1, 0.15) is 5.75 Å². The minimum Gasteiger partial charge on any atom is -0.493 e. The zero-order chi connectivity index (χ0) is 17.9. The number of halogens is 2. The number of hydrogen-bond donors (Lipinski definition) is 0. The Hall–Kier alpha value is -1.48. The van der Waals surface area contributed by atoms with Gasteiger partial charge in [0.15, 0.2) is 5.82 Å². The molecule has 2 aliphatic rings. The summed E-state index contributed by atoms with van der Waals surface area (Å²) in [6.07, 6.45) is 4.81. The van der Waals surface area contributed by atoms with E-state index in [1.165, 1.54) is 22.4 Å². The summed E-state index contributed by atoms with van der Waals surface area (Å²) >= 11 is 2.30. The van der Waals surface area contributed by atoms with Gasteiger partial charge in [-0.1, -0.05) is 0 Å². The minimum absolute atomic E-state index is 0.388. The van der Waals surface area contributed by atoms with Crippen molar-refractivity contribution in [3.63, 3.8) is 0 Å². The van der Waals surface area contributed by atoms with Crippen LogP contribution >= 0.6 is 22.6 Å². The van der Waals surface area contributed by atoms with E-state index in [1.807, 2.05) is 12.1 Å². The Morgan fingerprint density at radius 1 is 1.08 bits per heavy atom. The molecule has 3 heterocycles. The zero-order valence-corrected chi connectivity index (χ0v) is 16.7. The van der Waals surface area contributed by atoms with Crippen LogP contribution in [0.25, 0.3) is 0 Å². The van der Waals surface area contributed by atoms with Crippen molar-refractivity contribution in [3.05, 3.63) is 46.0 Å². The number of nitrogens with zero attached hydrogens (tertiary/aromatic N) is 4. The molecule has 7 heteroatoms. The van der Waals surface area contributed by atoms with E-state index in [9.17, 15) is 4.39 Å². The number of hydrogen-bond acceptors (Lipinski definition) is 5. The predicted molar refractivity (Wildman–Crippen MR) is 107 cm³/mol. The van der Waals surface area contributed by atoms with Gasteiger partial charge in [0, 0.05) is 41.7 Å². The summed E-state index contributed by atoms with van der Waals surface area (Å²) in [5.41, 5.74) is 0. The van der Waals surface area contributed by atoms with Crippen LogP contribution in [-0.4, -0.2) is 53.7 Å². The van der Waals surface area contributed by atoms with Crippen LogP contribution in [0.5, 0.6) is 5.75 Å². The highest BCUT2D eigenvalue weighted by Gasteiger charge is 2.33. The lowest BCUT2D eigenvalue weighted by Crippen LogP contribution is -2.57. The van der Waals surface area contributed by atoms with Gasteiger partial charge in [0.05, 0.1) is 19.0 Å². The van der Waals surface area contributed by atoms with Crippen molar-refractivity contribution in [1.29, 1.82) is 0 Å². The first-order valence-corrected chi connectivity index (χ1v) is 10.1. The molecule has 0 saturated carbocycles. The smallest absolute Gasteiger partial charge is 0.225 e. The monoisotopic (exact) mass is 468 g/mol. The lowest BCUT2D eigenvalue weighted by Gasteiger charge is -2.46. The molecule has 138 valence electrons. The molecule has 0 amide bonds. The minimum atomic E-state index is -0.388. The van der Waals surface area contributed by atoms with Crippen LogP contribution in [-0.2, 0) is 0 Å². The molecule has 0 N–H and O–H groups in total. The van der Waals surface area contributed by atoms with E-state index in [4.69, 9.17) is 4.74 Å². The maximum Gasteiger partial charge on any atom is 0.225 e. The summed E-state index contributed by atoms with van der Waals surface area (Å²) in [5.74, 6) is 1.77. The van der Waals surface area contributed by atoms with E-state index in [1.54, 1.807) is 0 Å². The molecular weight excluding hydrogens is 446 g/mol. The Labute approximate surface area is 166 Å². The molecule has 0 radical (unpaired) electrons. The highest BCUT2D eigenvalue weighted by molar-refractivity contribution is 14.1. The van der Waals surface area contributed by atoms with Crippen LogP contribution in [0.1, 0.15) is 12.8 Å². The molecule has 1 aromatic carbocycles. The Balaban J connectivity index is 1.29. The molecular formula is C19H22FIN4O. The predicted octanol–water partition coefficient (Wildman–Crippen LogP) is 3.20. The van der Waals surface area contributed by atoms with Crippen LogP contribution in [0, 0.1) is 15.3 Å². The molecule has 26 heavy (non-hydrogen) atoms. The van der Waals surface area contributed by atoms with Gasteiger partial charge in [-0.25, -0.2) is 14.4 Å². The first-order valence-electron chi connectivity index (χ1n) is 9.02. The van der Waals surface area contributed by atoms with Gasteiger partial charge in [-0.05, 0) is 59.7 Å². The van der Waals surface area contributed by atoms with Crippen LogP contribution in [0.2, 0.25) is 0 Å². The van der Waals surface area contributed by atoms with Gasteiger partial charge >= 0.3 is 0 Å². The van der Waals surface area contributed by atoms with E-state index in [-0.39, 0.29) is 5.82 Å². The molecule has 4 rings (SSSR count). The second kappa shape index (κ2) is 8.04. The van der Waals surface area contributed by atoms with E-state index < -0.39 is 0 Å². The number of anilines is 1. The molecule has 2 fully saturated rings. The number of aromatic nitrogens is 2. The van der Waals surface area contributed by atoms with Gasteiger partial charge in [0.2, 0.25) is 5.95 Å². The summed E-state index contributed by atoms with van der Waals surface area (Å²) in [5, 5.41) is 0. The topological polar surface area (TPSA) is 41.5 Å². The van der Waals surface area contributed by atoms with Crippen molar-refractivity contribution >= 4 is 28.5 Å². The van der Waals surface area contributed by atoms with Gasteiger partial charge in [-0.3, -0.25) is 4.90 Å². The highest BCUT2D eigenvalue weighted by Crippen LogP contribution is 2.27. The Morgan fingerprint density at radius 2 is 1.85 bits per heavy atom. The quantitative estimate of drug-likeness (QED) is 0.645. The summed E-state index contributed by atoms with van der Waals surface area (Å²) in [6.45, 7) is 4.64. The SMILES string of the molecule is Fc1cnc(N2CCN3C[C@H](COc4ccc(I)cc4)CC[C@H]3C2)nc1. The third-order valence-corrected chi connectivity index (χ3v) is 5.91. The maximum absolute atomic E-state index is 13.0. The first-order chi connectivity index (χ1) is 12.7.